The fourth-order valence-electron chi connectivity index (χ4n) is 6.73. The van der Waals surface area contributed by atoms with Crippen LogP contribution in [0.2, 0.25) is 0 Å². The third kappa shape index (κ3) is 2.43. The van der Waals surface area contributed by atoms with E-state index in [4.69, 9.17) is 0 Å². The Bertz CT molecular complexity index is 1260. The van der Waals surface area contributed by atoms with Crippen molar-refractivity contribution in [3.8, 4) is 0 Å². The summed E-state index contributed by atoms with van der Waals surface area (Å²) < 4.78 is 41.3. The van der Waals surface area contributed by atoms with Crippen LogP contribution in [0.25, 0.3) is 0 Å². The normalized spacial score (nSPS) is 30.2. The third-order valence-electron chi connectivity index (χ3n) is 7.95. The van der Waals surface area contributed by atoms with Crippen LogP contribution in [0.3, 0.4) is 0 Å². The van der Waals surface area contributed by atoms with E-state index in [1.165, 1.54) is 12.1 Å². The highest BCUT2D eigenvalue weighted by Crippen LogP contribution is 2.61. The van der Waals surface area contributed by atoms with Crippen LogP contribution in [0.5, 0.6) is 0 Å². The van der Waals surface area contributed by atoms with E-state index in [1.54, 1.807) is 6.07 Å². The Morgan fingerprint density at radius 2 is 1.82 bits per heavy atom. The van der Waals surface area contributed by atoms with E-state index >= 15 is 0 Å². The molecule has 2 aromatic rings. The maximum absolute atomic E-state index is 13.9. The van der Waals surface area contributed by atoms with E-state index in [9.17, 15) is 27.6 Å². The quantitative estimate of drug-likeness (QED) is 0.682. The number of aryl methyl sites for hydroxylation is 1. The van der Waals surface area contributed by atoms with Gasteiger partial charge in [0.1, 0.15) is 5.54 Å². The number of para-hydroxylation sites is 2. The van der Waals surface area contributed by atoms with Crippen molar-refractivity contribution >= 4 is 29.1 Å². The summed E-state index contributed by atoms with van der Waals surface area (Å²) in [4.78, 5) is 44.0. The molecule has 34 heavy (non-hydrogen) atoms. The number of imide groups is 1. The smallest absolute Gasteiger partial charge is 0.324 e. The Balaban J connectivity index is 1.56. The maximum atomic E-state index is 13.9. The summed E-state index contributed by atoms with van der Waals surface area (Å²) in [6.45, 7) is 2.50. The summed E-state index contributed by atoms with van der Waals surface area (Å²) in [5.74, 6) is -3.74. The lowest BCUT2D eigenvalue weighted by Crippen LogP contribution is -2.54. The van der Waals surface area contributed by atoms with Gasteiger partial charge in [-0.25, -0.2) is 4.90 Å². The lowest BCUT2D eigenvalue weighted by molar-refractivity contribution is -0.138. The van der Waals surface area contributed by atoms with Gasteiger partial charge < -0.3 is 5.32 Å². The van der Waals surface area contributed by atoms with Crippen molar-refractivity contribution in [2.75, 3.05) is 16.8 Å². The minimum Gasteiger partial charge on any atom is -0.324 e. The number of nitrogens with one attached hydrogen (secondary N) is 1. The largest absolute Gasteiger partial charge is 0.418 e. The van der Waals surface area contributed by atoms with Crippen LogP contribution in [-0.4, -0.2) is 35.2 Å². The van der Waals surface area contributed by atoms with Crippen molar-refractivity contribution < 1.29 is 27.6 Å². The molecule has 6 nitrogen and oxygen atoms in total. The molecule has 4 aliphatic rings. The van der Waals surface area contributed by atoms with Crippen LogP contribution in [0.4, 0.5) is 24.5 Å². The number of hydrogen-bond donors (Lipinski definition) is 1. The zero-order valence-corrected chi connectivity index (χ0v) is 18.4. The average Bonchev–Trinajstić information content (AvgIpc) is 3.51. The summed E-state index contributed by atoms with van der Waals surface area (Å²) in [5.41, 5.74) is -0.711. The molecule has 1 spiro atoms. The first kappa shape index (κ1) is 21.3. The van der Waals surface area contributed by atoms with Gasteiger partial charge in [0.15, 0.2) is 0 Å². The second-order valence-corrected chi connectivity index (χ2v) is 9.35. The number of fused-ring (bicyclic) bond motifs is 7. The van der Waals surface area contributed by atoms with Crippen molar-refractivity contribution in [1.82, 2.24) is 4.90 Å². The predicted octanol–water partition coefficient (Wildman–Crippen LogP) is 3.70. The van der Waals surface area contributed by atoms with Crippen LogP contribution in [0.1, 0.15) is 36.5 Å². The van der Waals surface area contributed by atoms with Gasteiger partial charge in [-0.15, -0.1) is 0 Å². The van der Waals surface area contributed by atoms with E-state index < -0.39 is 46.6 Å². The number of hydrogen-bond acceptors (Lipinski definition) is 4. The van der Waals surface area contributed by atoms with Crippen molar-refractivity contribution in [3.63, 3.8) is 0 Å². The van der Waals surface area contributed by atoms with Crippen molar-refractivity contribution in [2.45, 2.75) is 43.9 Å². The van der Waals surface area contributed by atoms with Crippen LogP contribution in [0, 0.1) is 11.8 Å². The van der Waals surface area contributed by atoms with Gasteiger partial charge in [-0.05, 0) is 43.5 Å². The summed E-state index contributed by atoms with van der Waals surface area (Å²) >= 11 is 0. The van der Waals surface area contributed by atoms with Crippen LogP contribution >= 0.6 is 0 Å². The van der Waals surface area contributed by atoms with Gasteiger partial charge in [0.2, 0.25) is 17.7 Å². The number of alkyl halides is 3. The molecule has 0 bridgehead atoms. The van der Waals surface area contributed by atoms with Gasteiger partial charge in [-0.2, -0.15) is 13.2 Å². The monoisotopic (exact) mass is 469 g/mol. The number of benzene rings is 2. The van der Waals surface area contributed by atoms with Crippen molar-refractivity contribution in [3.05, 3.63) is 59.2 Å². The molecule has 4 aliphatic heterocycles. The molecule has 4 unspecified atom stereocenters. The summed E-state index contributed by atoms with van der Waals surface area (Å²) in [6.07, 6.45) is -2.73. The number of anilines is 2. The molecular weight excluding hydrogens is 447 g/mol. The molecule has 0 aliphatic carbocycles. The molecule has 0 saturated carbocycles. The zero-order valence-electron chi connectivity index (χ0n) is 18.4. The van der Waals surface area contributed by atoms with Gasteiger partial charge in [-0.1, -0.05) is 37.3 Å². The van der Waals surface area contributed by atoms with E-state index in [-0.39, 0.29) is 11.9 Å². The fourth-order valence-corrected chi connectivity index (χ4v) is 6.73. The number of amides is 3. The highest BCUT2D eigenvalue weighted by Gasteiger charge is 2.75. The van der Waals surface area contributed by atoms with E-state index in [0.29, 0.717) is 35.5 Å². The zero-order chi connectivity index (χ0) is 24.0. The SMILES string of the molecule is CCc1cccc2c1NC(=O)C21C2C(=O)N(c3ccccc3C(F)(F)F)C(=O)C2C2CCCN21. The molecule has 0 aromatic heterocycles. The first-order valence-corrected chi connectivity index (χ1v) is 11.5. The number of halogens is 3. The van der Waals surface area contributed by atoms with Crippen molar-refractivity contribution in [2.24, 2.45) is 11.8 Å². The molecule has 2 aromatic carbocycles. The number of carbonyl (C=O) groups is 3. The average molecular weight is 469 g/mol. The molecule has 6 rings (SSSR count). The third-order valence-corrected chi connectivity index (χ3v) is 7.95. The van der Waals surface area contributed by atoms with Crippen LogP contribution in [-0.2, 0) is 32.5 Å². The molecular formula is C25H22F3N3O3. The lowest BCUT2D eigenvalue weighted by atomic mass is 9.75. The second kappa shape index (κ2) is 6.91. The Morgan fingerprint density at radius 3 is 2.56 bits per heavy atom. The molecule has 3 saturated heterocycles. The number of nitrogens with zero attached hydrogens (tertiary/aromatic N) is 2. The molecule has 176 valence electrons. The molecule has 0 radical (unpaired) electrons. The minimum absolute atomic E-state index is 0.380. The van der Waals surface area contributed by atoms with Gasteiger partial charge >= 0.3 is 6.18 Å². The molecule has 4 atom stereocenters. The number of carbonyl (C=O) groups excluding carboxylic acids is 3. The molecule has 4 heterocycles. The minimum atomic E-state index is -4.74. The Hall–Kier alpha value is -3.20. The van der Waals surface area contributed by atoms with Gasteiger partial charge in [-0.3, -0.25) is 19.3 Å². The lowest BCUT2D eigenvalue weighted by Gasteiger charge is -2.36. The topological polar surface area (TPSA) is 69.7 Å². The fraction of sp³-hybridized carbons (Fsp3) is 0.400. The molecule has 1 N–H and O–H groups in total. The van der Waals surface area contributed by atoms with Gasteiger partial charge in [0.05, 0.1) is 23.1 Å². The first-order chi connectivity index (χ1) is 16.2. The highest BCUT2D eigenvalue weighted by molar-refractivity contribution is 6.26. The van der Waals surface area contributed by atoms with Gasteiger partial charge in [0.25, 0.3) is 0 Å². The standard InChI is InChI=1S/C25H22F3N3O3/c1-2-13-7-5-9-15-20(13)29-23(34)24(15)19-18(17-11-6-12-30(17)24)21(32)31(22(19)33)16-10-4-3-8-14(16)25(26,27)28/h3-5,7-10,17-19H,2,6,11-12H2,1H3,(H,29,34). The van der Waals surface area contributed by atoms with Crippen LogP contribution in [0.15, 0.2) is 42.5 Å². The Kier molecular flexibility index (Phi) is 4.34. The predicted molar refractivity (Wildman–Crippen MR) is 117 cm³/mol. The van der Waals surface area contributed by atoms with E-state index in [2.05, 4.69) is 5.32 Å². The molecule has 3 fully saturated rings. The number of rotatable bonds is 2. The summed E-state index contributed by atoms with van der Waals surface area (Å²) in [6, 6.07) is 9.77. The summed E-state index contributed by atoms with van der Waals surface area (Å²) in [7, 11) is 0. The Morgan fingerprint density at radius 1 is 1.06 bits per heavy atom. The summed E-state index contributed by atoms with van der Waals surface area (Å²) in [5, 5.41) is 2.96. The first-order valence-electron chi connectivity index (χ1n) is 11.5. The molecule has 9 heteroatoms. The molecule has 3 amide bonds. The van der Waals surface area contributed by atoms with Gasteiger partial charge in [0, 0.05) is 17.3 Å². The highest BCUT2D eigenvalue weighted by atomic mass is 19.4. The second-order valence-electron chi connectivity index (χ2n) is 9.35. The van der Waals surface area contributed by atoms with Crippen molar-refractivity contribution in [1.29, 1.82) is 0 Å². The Labute approximate surface area is 193 Å². The van der Waals surface area contributed by atoms with E-state index in [0.717, 1.165) is 24.1 Å². The van der Waals surface area contributed by atoms with Crippen LogP contribution < -0.4 is 10.2 Å². The van der Waals surface area contributed by atoms with E-state index in [1.807, 2.05) is 24.0 Å². The maximum Gasteiger partial charge on any atom is 0.418 e.